The van der Waals surface area contributed by atoms with Crippen LogP contribution in [0.4, 0.5) is 24.5 Å². The van der Waals surface area contributed by atoms with Crippen molar-refractivity contribution in [1.29, 1.82) is 0 Å². The van der Waals surface area contributed by atoms with Crippen molar-refractivity contribution >= 4 is 38.8 Å². The van der Waals surface area contributed by atoms with Crippen LogP contribution in [0.2, 0.25) is 0 Å². The normalized spacial score (nSPS) is 11.5. The molecule has 0 aliphatic heterocycles. The molecule has 0 aliphatic rings. The second-order valence-electron chi connectivity index (χ2n) is 6.65. The molecule has 1 aromatic heterocycles. The summed E-state index contributed by atoms with van der Waals surface area (Å²) >= 11 is 1.49. The summed E-state index contributed by atoms with van der Waals surface area (Å²) in [5, 5.41) is 3.26. The maximum Gasteiger partial charge on any atom is 0.419 e. The molecule has 0 spiro atoms. The Morgan fingerprint density at radius 3 is 2.52 bits per heavy atom. The third kappa shape index (κ3) is 4.17. The number of aromatic nitrogens is 1. The largest absolute Gasteiger partial charge is 0.497 e. The number of halogens is 3. The number of thiazole rings is 1. The molecule has 0 fully saturated rings. The molecule has 158 valence electrons. The number of rotatable bonds is 4. The summed E-state index contributed by atoms with van der Waals surface area (Å²) in [6.45, 7) is 0. The van der Waals surface area contributed by atoms with Crippen molar-refractivity contribution in [3.8, 4) is 16.3 Å². The molecule has 1 amide bonds. The fraction of sp³-hybridized carbons (Fsp3) is 0.0909. The van der Waals surface area contributed by atoms with E-state index in [-0.39, 0.29) is 0 Å². The minimum atomic E-state index is -4.74. The molecule has 0 bridgehead atoms. The van der Waals surface area contributed by atoms with Gasteiger partial charge < -0.3 is 15.8 Å². The Kier molecular flexibility index (Phi) is 5.28. The number of hydrogen-bond acceptors (Lipinski definition) is 5. The van der Waals surface area contributed by atoms with E-state index in [2.05, 4.69) is 10.3 Å². The van der Waals surface area contributed by atoms with Crippen molar-refractivity contribution in [2.24, 2.45) is 0 Å². The number of hydrogen-bond donors (Lipinski definition) is 2. The van der Waals surface area contributed by atoms with Crippen LogP contribution in [-0.4, -0.2) is 18.0 Å². The number of nitrogens with zero attached hydrogens (tertiary/aromatic N) is 1. The fourth-order valence-electron chi connectivity index (χ4n) is 3.13. The van der Waals surface area contributed by atoms with E-state index in [1.807, 2.05) is 18.2 Å². The zero-order valence-corrected chi connectivity index (χ0v) is 17.0. The molecule has 0 unspecified atom stereocenters. The molecule has 3 aromatic carbocycles. The van der Waals surface area contributed by atoms with Gasteiger partial charge in [-0.1, -0.05) is 6.07 Å². The van der Waals surface area contributed by atoms with Crippen molar-refractivity contribution in [3.05, 3.63) is 71.8 Å². The van der Waals surface area contributed by atoms with E-state index < -0.39 is 28.9 Å². The van der Waals surface area contributed by atoms with Gasteiger partial charge in [0, 0.05) is 16.9 Å². The molecule has 4 rings (SSSR count). The highest BCUT2D eigenvalue weighted by molar-refractivity contribution is 7.21. The number of nitrogen functional groups attached to an aromatic ring is 1. The smallest absolute Gasteiger partial charge is 0.419 e. The van der Waals surface area contributed by atoms with Gasteiger partial charge in [-0.15, -0.1) is 11.3 Å². The first-order chi connectivity index (χ1) is 14.8. The summed E-state index contributed by atoms with van der Waals surface area (Å²) in [7, 11) is 1.59. The average Bonchev–Trinajstić information content (AvgIpc) is 3.16. The third-order valence-corrected chi connectivity index (χ3v) is 5.68. The molecule has 0 saturated heterocycles. The lowest BCUT2D eigenvalue weighted by atomic mass is 10.0. The van der Waals surface area contributed by atoms with Crippen molar-refractivity contribution in [3.63, 3.8) is 0 Å². The van der Waals surface area contributed by atoms with Crippen LogP contribution in [0.1, 0.15) is 15.9 Å². The Labute approximate surface area is 179 Å². The first-order valence-electron chi connectivity index (χ1n) is 9.08. The van der Waals surface area contributed by atoms with Gasteiger partial charge in [-0.3, -0.25) is 4.79 Å². The molecule has 4 aromatic rings. The summed E-state index contributed by atoms with van der Waals surface area (Å²) in [4.78, 5) is 17.1. The molecule has 0 radical (unpaired) electrons. The van der Waals surface area contributed by atoms with Gasteiger partial charge in [0.15, 0.2) is 0 Å². The second-order valence-corrected chi connectivity index (χ2v) is 7.68. The second kappa shape index (κ2) is 7.92. The number of carbonyl (C=O) groups excluding carboxylic acids is 1. The standard InChI is InChI=1S/C22H16F3N3O2S/c1-30-14-9-10-17-18(11-14)31-21(28-17)12-5-7-13(8-6-12)27-20(29)15-3-2-4-16(26)19(15)22(23,24)25/h2-11H,26H2,1H3,(H,27,29). The van der Waals surface area contributed by atoms with E-state index in [0.29, 0.717) is 5.69 Å². The number of benzene rings is 3. The van der Waals surface area contributed by atoms with E-state index in [4.69, 9.17) is 10.5 Å². The van der Waals surface area contributed by atoms with Gasteiger partial charge in [0.25, 0.3) is 5.91 Å². The molecule has 1 heterocycles. The minimum Gasteiger partial charge on any atom is -0.497 e. The van der Waals surface area contributed by atoms with E-state index in [1.165, 1.54) is 17.4 Å². The number of methoxy groups -OCH3 is 1. The number of carbonyl (C=O) groups is 1. The third-order valence-electron chi connectivity index (χ3n) is 4.61. The van der Waals surface area contributed by atoms with E-state index in [1.54, 1.807) is 31.4 Å². The highest BCUT2D eigenvalue weighted by atomic mass is 32.1. The van der Waals surface area contributed by atoms with Gasteiger partial charge >= 0.3 is 6.18 Å². The molecular weight excluding hydrogens is 427 g/mol. The number of nitrogens with two attached hydrogens (primary N) is 1. The fourth-order valence-corrected chi connectivity index (χ4v) is 4.13. The average molecular weight is 443 g/mol. The molecular formula is C22H16F3N3O2S. The first kappa shape index (κ1) is 20.7. The minimum absolute atomic E-state index is 0.354. The first-order valence-corrected chi connectivity index (χ1v) is 9.90. The van der Waals surface area contributed by atoms with Gasteiger partial charge in [0.1, 0.15) is 10.8 Å². The number of nitrogens with one attached hydrogen (secondary N) is 1. The Morgan fingerprint density at radius 2 is 1.84 bits per heavy atom. The number of ether oxygens (including phenoxy) is 1. The van der Waals surface area contributed by atoms with Crippen LogP contribution in [0.25, 0.3) is 20.8 Å². The number of amides is 1. The summed E-state index contributed by atoms with van der Waals surface area (Å²) in [5.41, 5.74) is 5.29. The van der Waals surface area contributed by atoms with Gasteiger partial charge in [0.05, 0.1) is 28.5 Å². The van der Waals surface area contributed by atoms with Crippen LogP contribution < -0.4 is 15.8 Å². The van der Waals surface area contributed by atoms with E-state index in [0.717, 1.165) is 38.7 Å². The molecule has 0 aliphatic carbocycles. The van der Waals surface area contributed by atoms with Gasteiger partial charge in [-0.05, 0) is 54.6 Å². The van der Waals surface area contributed by atoms with Crippen LogP contribution in [0.15, 0.2) is 60.7 Å². The molecule has 9 heteroatoms. The number of anilines is 2. The SMILES string of the molecule is COc1ccc2nc(-c3ccc(NC(=O)c4cccc(N)c4C(F)(F)F)cc3)sc2c1. The summed E-state index contributed by atoms with van der Waals surface area (Å²) in [6.07, 6.45) is -4.74. The molecule has 3 N–H and O–H groups in total. The summed E-state index contributed by atoms with van der Waals surface area (Å²) in [5.74, 6) is -0.153. The lowest BCUT2D eigenvalue weighted by Gasteiger charge is -2.15. The lowest BCUT2D eigenvalue weighted by molar-refractivity contribution is -0.137. The van der Waals surface area contributed by atoms with Crippen LogP contribution in [0, 0.1) is 0 Å². The van der Waals surface area contributed by atoms with Crippen LogP contribution >= 0.6 is 11.3 Å². The Bertz CT molecular complexity index is 1270. The van der Waals surface area contributed by atoms with Crippen LogP contribution in [-0.2, 0) is 6.18 Å². The zero-order chi connectivity index (χ0) is 22.2. The van der Waals surface area contributed by atoms with Crippen molar-refractivity contribution in [1.82, 2.24) is 4.98 Å². The number of alkyl halides is 3. The van der Waals surface area contributed by atoms with E-state index >= 15 is 0 Å². The molecule has 0 saturated carbocycles. The molecule has 0 atom stereocenters. The molecule has 5 nitrogen and oxygen atoms in total. The topological polar surface area (TPSA) is 77.2 Å². The van der Waals surface area contributed by atoms with E-state index in [9.17, 15) is 18.0 Å². The highest BCUT2D eigenvalue weighted by Crippen LogP contribution is 2.37. The predicted octanol–water partition coefficient (Wildman–Crippen LogP) is 5.83. The summed E-state index contributed by atoms with van der Waals surface area (Å²) in [6, 6.07) is 15.8. The molecule has 31 heavy (non-hydrogen) atoms. The predicted molar refractivity (Wildman–Crippen MR) is 115 cm³/mol. The maximum absolute atomic E-state index is 13.3. The monoisotopic (exact) mass is 443 g/mol. The lowest BCUT2D eigenvalue weighted by Crippen LogP contribution is -2.20. The van der Waals surface area contributed by atoms with Crippen molar-refractivity contribution in [2.75, 3.05) is 18.2 Å². The van der Waals surface area contributed by atoms with Gasteiger partial charge in [0.2, 0.25) is 0 Å². The van der Waals surface area contributed by atoms with Crippen LogP contribution in [0.5, 0.6) is 5.75 Å². The van der Waals surface area contributed by atoms with Crippen molar-refractivity contribution in [2.45, 2.75) is 6.18 Å². The highest BCUT2D eigenvalue weighted by Gasteiger charge is 2.37. The van der Waals surface area contributed by atoms with Gasteiger partial charge in [-0.25, -0.2) is 4.98 Å². The maximum atomic E-state index is 13.3. The Morgan fingerprint density at radius 1 is 1.10 bits per heavy atom. The Balaban J connectivity index is 1.57. The van der Waals surface area contributed by atoms with Crippen LogP contribution in [0.3, 0.4) is 0 Å². The quantitative estimate of drug-likeness (QED) is 0.389. The zero-order valence-electron chi connectivity index (χ0n) is 16.2. The number of fused-ring (bicyclic) bond motifs is 1. The summed E-state index contributed by atoms with van der Waals surface area (Å²) < 4.78 is 46.1. The van der Waals surface area contributed by atoms with Gasteiger partial charge in [-0.2, -0.15) is 13.2 Å². The van der Waals surface area contributed by atoms with Crippen molar-refractivity contribution < 1.29 is 22.7 Å². The Hall–Kier alpha value is -3.59.